The summed E-state index contributed by atoms with van der Waals surface area (Å²) in [4.78, 5) is 11.4. The van der Waals surface area contributed by atoms with Gasteiger partial charge < -0.3 is 4.74 Å². The van der Waals surface area contributed by atoms with E-state index in [-0.39, 0.29) is 12.0 Å². The normalized spacial score (nSPS) is 29.2. The van der Waals surface area contributed by atoms with E-state index in [2.05, 4.69) is 15.6 Å². The molecular formula is C15H19F2N3O4S. The average Bonchev–Trinajstić information content (AvgIpc) is 2.96. The highest BCUT2D eigenvalue weighted by Gasteiger charge is 2.44. The molecule has 7 nitrogen and oxygen atoms in total. The van der Waals surface area contributed by atoms with Gasteiger partial charge in [-0.3, -0.25) is 10.2 Å². The Hall–Kier alpha value is -1.62. The van der Waals surface area contributed by atoms with Crippen molar-refractivity contribution in [1.29, 1.82) is 0 Å². The maximum absolute atomic E-state index is 13.3. The van der Waals surface area contributed by atoms with E-state index in [0.29, 0.717) is 25.3 Å². The zero-order chi connectivity index (χ0) is 18.2. The van der Waals surface area contributed by atoms with Crippen molar-refractivity contribution >= 4 is 16.0 Å². The first-order valence-corrected chi connectivity index (χ1v) is 9.36. The topological polar surface area (TPSA) is 96.5 Å². The number of carbonyl (C=O) groups is 1. The number of hydrogen-bond donors (Lipinski definition) is 3. The summed E-state index contributed by atoms with van der Waals surface area (Å²) < 4.78 is 58.6. The summed E-state index contributed by atoms with van der Waals surface area (Å²) in [5.74, 6) is -2.48. The second-order valence-corrected chi connectivity index (χ2v) is 8.01. The number of esters is 1. The maximum atomic E-state index is 13.3. The van der Waals surface area contributed by atoms with Crippen LogP contribution in [-0.2, 0) is 19.6 Å². The molecule has 0 spiro atoms. The Labute approximate surface area is 144 Å². The monoisotopic (exact) mass is 375 g/mol. The second kappa shape index (κ2) is 6.94. The minimum Gasteiger partial charge on any atom is -0.468 e. The molecule has 4 atom stereocenters. The number of rotatable bonds is 4. The molecule has 25 heavy (non-hydrogen) atoms. The molecule has 1 heterocycles. The van der Waals surface area contributed by atoms with Gasteiger partial charge >= 0.3 is 5.97 Å². The van der Waals surface area contributed by atoms with Crippen molar-refractivity contribution in [1.82, 2.24) is 15.6 Å². The van der Waals surface area contributed by atoms with Crippen molar-refractivity contribution in [3.05, 3.63) is 29.8 Å². The number of carbonyl (C=O) groups excluding carboxylic acids is 1. The Bertz CT molecular complexity index is 754. The van der Waals surface area contributed by atoms with Gasteiger partial charge in [-0.25, -0.2) is 27.3 Å². The van der Waals surface area contributed by atoms with Crippen molar-refractivity contribution in [2.24, 2.45) is 5.92 Å². The fourth-order valence-electron chi connectivity index (χ4n) is 3.50. The van der Waals surface area contributed by atoms with Gasteiger partial charge in [0, 0.05) is 24.1 Å². The molecule has 4 unspecified atom stereocenters. The highest BCUT2D eigenvalue weighted by molar-refractivity contribution is 7.89. The van der Waals surface area contributed by atoms with Gasteiger partial charge in [-0.2, -0.15) is 0 Å². The zero-order valence-electron chi connectivity index (χ0n) is 13.5. The third kappa shape index (κ3) is 3.81. The van der Waals surface area contributed by atoms with E-state index in [1.54, 1.807) is 0 Å². The molecule has 0 aromatic heterocycles. The Morgan fingerprint density at radius 1 is 1.20 bits per heavy atom. The number of halogens is 2. The number of hydrazine groups is 1. The highest BCUT2D eigenvalue weighted by Crippen LogP contribution is 2.31. The van der Waals surface area contributed by atoms with Gasteiger partial charge in [-0.05, 0) is 31.4 Å². The van der Waals surface area contributed by atoms with Crippen molar-refractivity contribution in [3.63, 3.8) is 0 Å². The Balaban J connectivity index is 1.73. The van der Waals surface area contributed by atoms with Crippen LogP contribution in [0.3, 0.4) is 0 Å². The fourth-order valence-corrected chi connectivity index (χ4v) is 4.82. The number of nitrogens with one attached hydrogen (secondary N) is 3. The van der Waals surface area contributed by atoms with E-state index < -0.39 is 44.6 Å². The predicted octanol–water partition coefficient (Wildman–Crippen LogP) is 0.430. The van der Waals surface area contributed by atoms with Crippen LogP contribution in [0.25, 0.3) is 0 Å². The van der Waals surface area contributed by atoms with Crippen LogP contribution >= 0.6 is 0 Å². The van der Waals surface area contributed by atoms with Gasteiger partial charge in [0.25, 0.3) is 0 Å². The Kier molecular flexibility index (Phi) is 5.05. The van der Waals surface area contributed by atoms with Crippen molar-refractivity contribution < 1.29 is 26.7 Å². The minimum absolute atomic E-state index is 0.0384. The molecule has 2 fully saturated rings. The number of fused-ring (bicyclic) bond motifs is 1. The minimum atomic E-state index is -4.06. The van der Waals surface area contributed by atoms with Crippen LogP contribution in [0, 0.1) is 17.6 Å². The van der Waals surface area contributed by atoms with Crippen LogP contribution in [0.2, 0.25) is 0 Å². The van der Waals surface area contributed by atoms with Gasteiger partial charge in [0.2, 0.25) is 10.0 Å². The number of hydrogen-bond acceptors (Lipinski definition) is 6. The lowest BCUT2D eigenvalue weighted by Crippen LogP contribution is -2.46. The van der Waals surface area contributed by atoms with Crippen LogP contribution < -0.4 is 15.6 Å². The standard InChI is InChI=1S/C15H19F2N3O4S/c1-24-15(21)14-12-7-10(2-3-13(12)18-19-14)20-25(22,23)11-5-8(16)4-9(17)6-11/h4-6,10,12-14,18-20H,2-3,7H2,1H3. The van der Waals surface area contributed by atoms with E-state index >= 15 is 0 Å². The fraction of sp³-hybridized carbons (Fsp3) is 0.533. The molecule has 0 amide bonds. The highest BCUT2D eigenvalue weighted by atomic mass is 32.2. The number of sulfonamides is 1. The predicted molar refractivity (Wildman–Crippen MR) is 83.7 cm³/mol. The van der Waals surface area contributed by atoms with Crippen LogP contribution in [0.5, 0.6) is 0 Å². The molecule has 138 valence electrons. The molecule has 1 saturated heterocycles. The lowest BCUT2D eigenvalue weighted by Gasteiger charge is -2.32. The summed E-state index contributed by atoms with van der Waals surface area (Å²) in [7, 11) is -2.77. The van der Waals surface area contributed by atoms with Crippen LogP contribution in [0.4, 0.5) is 8.78 Å². The third-order valence-electron chi connectivity index (χ3n) is 4.68. The van der Waals surface area contributed by atoms with Crippen molar-refractivity contribution in [2.75, 3.05) is 7.11 Å². The van der Waals surface area contributed by atoms with E-state index in [9.17, 15) is 22.0 Å². The van der Waals surface area contributed by atoms with Crippen LogP contribution in [0.15, 0.2) is 23.1 Å². The summed E-state index contributed by atoms with van der Waals surface area (Å²) in [6.45, 7) is 0. The first kappa shape index (κ1) is 18.2. The summed E-state index contributed by atoms with van der Waals surface area (Å²) in [6.07, 6.45) is 1.60. The van der Waals surface area contributed by atoms with E-state index in [4.69, 9.17) is 4.74 Å². The smallest absolute Gasteiger partial charge is 0.324 e. The average molecular weight is 375 g/mol. The number of ether oxygens (including phenoxy) is 1. The lowest BCUT2D eigenvalue weighted by molar-refractivity contribution is -0.144. The van der Waals surface area contributed by atoms with E-state index in [1.165, 1.54) is 7.11 Å². The molecule has 0 radical (unpaired) electrons. The summed E-state index contributed by atoms with van der Waals surface area (Å²) in [5, 5.41) is 0. The van der Waals surface area contributed by atoms with Crippen LogP contribution in [-0.4, -0.2) is 39.6 Å². The molecule has 2 aliphatic rings. The van der Waals surface area contributed by atoms with Crippen LogP contribution in [0.1, 0.15) is 19.3 Å². The quantitative estimate of drug-likeness (QED) is 0.661. The maximum Gasteiger partial charge on any atom is 0.324 e. The lowest BCUT2D eigenvalue weighted by atomic mass is 9.79. The second-order valence-electron chi connectivity index (χ2n) is 6.30. The molecule has 3 rings (SSSR count). The van der Waals surface area contributed by atoms with Gasteiger partial charge in [-0.1, -0.05) is 0 Å². The molecule has 10 heteroatoms. The first-order chi connectivity index (χ1) is 11.8. The van der Waals surface area contributed by atoms with Gasteiger partial charge in [-0.15, -0.1) is 0 Å². The molecule has 1 aromatic rings. The summed E-state index contributed by atoms with van der Waals surface area (Å²) in [5.41, 5.74) is 5.90. The van der Waals surface area contributed by atoms with Gasteiger partial charge in [0.1, 0.15) is 17.7 Å². The van der Waals surface area contributed by atoms with E-state index in [0.717, 1.165) is 12.1 Å². The van der Waals surface area contributed by atoms with E-state index in [1.807, 2.05) is 0 Å². The zero-order valence-corrected chi connectivity index (χ0v) is 14.3. The Morgan fingerprint density at radius 3 is 2.52 bits per heavy atom. The summed E-state index contributed by atoms with van der Waals surface area (Å²) in [6, 6.07) is 1.19. The first-order valence-electron chi connectivity index (χ1n) is 7.87. The molecule has 1 aliphatic heterocycles. The molecule has 0 bridgehead atoms. The van der Waals surface area contributed by atoms with Crippen molar-refractivity contribution in [3.8, 4) is 0 Å². The number of benzene rings is 1. The summed E-state index contributed by atoms with van der Waals surface area (Å²) >= 11 is 0. The molecule has 1 aliphatic carbocycles. The largest absolute Gasteiger partial charge is 0.468 e. The van der Waals surface area contributed by atoms with Crippen molar-refractivity contribution in [2.45, 2.75) is 42.3 Å². The molecule has 1 saturated carbocycles. The molecular weight excluding hydrogens is 356 g/mol. The third-order valence-corrected chi connectivity index (χ3v) is 6.18. The number of methoxy groups -OCH3 is 1. The molecule has 1 aromatic carbocycles. The Morgan fingerprint density at radius 2 is 1.88 bits per heavy atom. The molecule has 3 N–H and O–H groups in total. The van der Waals surface area contributed by atoms with Gasteiger partial charge in [0.05, 0.1) is 12.0 Å². The van der Waals surface area contributed by atoms with Gasteiger partial charge in [0.15, 0.2) is 0 Å². The SMILES string of the molecule is COC(=O)C1NNC2CCC(NS(=O)(=O)c3cc(F)cc(F)c3)CC21.